The van der Waals surface area contributed by atoms with Crippen LogP contribution in [0.3, 0.4) is 0 Å². The molecule has 0 aromatic heterocycles. The molecule has 0 atom stereocenters. The zero-order chi connectivity index (χ0) is 32.6. The standard InChI is InChI=1S/2C20H38O2.Mn/c2*1-2-3-4-5-6-7-8-9-10-11-12-13-14-15-16-17-18-19-20(21)22;/h2*9-10H,2-8,11-19H2,1H3,(H,21,22);/b2*10-9-;. The topological polar surface area (TPSA) is 74.6 Å². The van der Waals surface area contributed by atoms with Gasteiger partial charge in [0.1, 0.15) is 0 Å². The minimum absolute atomic E-state index is 0. The number of unbranched alkanes of at least 4 members (excludes halogenated alkanes) is 26. The van der Waals surface area contributed by atoms with E-state index < -0.39 is 11.9 Å². The van der Waals surface area contributed by atoms with E-state index in [0.717, 1.165) is 25.7 Å². The summed E-state index contributed by atoms with van der Waals surface area (Å²) in [5, 5.41) is 17.1. The summed E-state index contributed by atoms with van der Waals surface area (Å²) in [5.74, 6) is -1.32. The van der Waals surface area contributed by atoms with Crippen molar-refractivity contribution >= 4 is 11.9 Å². The monoisotopic (exact) mass is 676 g/mol. The molecule has 0 heterocycles. The van der Waals surface area contributed by atoms with Crippen LogP contribution in [-0.2, 0) is 26.7 Å². The quantitative estimate of drug-likeness (QED) is 0.0404. The minimum atomic E-state index is -0.659. The van der Waals surface area contributed by atoms with Gasteiger partial charge in [-0.25, -0.2) is 0 Å². The Kier molecular flexibility index (Phi) is 48.4. The smallest absolute Gasteiger partial charge is 0.303 e. The molecule has 0 aliphatic rings. The Bertz CT molecular complexity index is 578. The molecular weight excluding hydrogens is 599 g/mol. The maximum atomic E-state index is 10.4. The second-order valence-electron chi connectivity index (χ2n) is 12.9. The van der Waals surface area contributed by atoms with Crippen LogP contribution in [0, 0.1) is 0 Å². The van der Waals surface area contributed by atoms with Gasteiger partial charge in [0, 0.05) is 29.9 Å². The zero-order valence-corrected chi connectivity index (χ0v) is 31.2. The minimum Gasteiger partial charge on any atom is -0.481 e. The molecule has 4 nitrogen and oxygen atoms in total. The predicted octanol–water partition coefficient (Wildman–Crippen LogP) is 13.8. The molecule has 0 amide bonds. The molecule has 1 radical (unpaired) electrons. The summed E-state index contributed by atoms with van der Waals surface area (Å²) in [7, 11) is 0. The zero-order valence-electron chi connectivity index (χ0n) is 30.0. The molecule has 0 aromatic carbocycles. The van der Waals surface area contributed by atoms with Crippen molar-refractivity contribution in [2.45, 2.75) is 219 Å². The van der Waals surface area contributed by atoms with Crippen LogP contribution in [0.2, 0.25) is 0 Å². The number of rotatable bonds is 34. The fourth-order valence-electron chi connectivity index (χ4n) is 5.40. The Labute approximate surface area is 291 Å². The van der Waals surface area contributed by atoms with Crippen LogP contribution in [-0.4, -0.2) is 22.2 Å². The van der Waals surface area contributed by atoms with E-state index in [4.69, 9.17) is 10.2 Å². The molecule has 0 aromatic rings. The molecular formula is C40H76MnO4. The first-order valence-corrected chi connectivity index (χ1v) is 19.3. The predicted molar refractivity (Wildman–Crippen MR) is 193 cm³/mol. The first kappa shape index (κ1) is 48.3. The van der Waals surface area contributed by atoms with Gasteiger partial charge in [0.15, 0.2) is 0 Å². The van der Waals surface area contributed by atoms with Crippen molar-refractivity contribution in [1.82, 2.24) is 0 Å². The molecule has 0 bridgehead atoms. The van der Waals surface area contributed by atoms with Crippen LogP contribution in [0.1, 0.15) is 219 Å². The summed E-state index contributed by atoms with van der Waals surface area (Å²) >= 11 is 0. The summed E-state index contributed by atoms with van der Waals surface area (Å²) in [6.45, 7) is 4.53. The van der Waals surface area contributed by atoms with Gasteiger partial charge in [0.05, 0.1) is 0 Å². The molecule has 0 aliphatic carbocycles. The van der Waals surface area contributed by atoms with Crippen molar-refractivity contribution in [1.29, 1.82) is 0 Å². The van der Waals surface area contributed by atoms with Gasteiger partial charge >= 0.3 is 11.9 Å². The maximum Gasteiger partial charge on any atom is 0.303 e. The van der Waals surface area contributed by atoms with Crippen molar-refractivity contribution in [2.75, 3.05) is 0 Å². The molecule has 0 unspecified atom stereocenters. The third-order valence-electron chi connectivity index (χ3n) is 8.30. The SMILES string of the molecule is CCCCCCCC/C=C\CCCCCCCCCC(=O)O.CCCCCCCC/C=C\CCCCCCCCCC(=O)O.[Mn]. The van der Waals surface area contributed by atoms with Gasteiger partial charge in [-0.1, -0.05) is 167 Å². The second kappa shape index (κ2) is 45.1. The van der Waals surface area contributed by atoms with E-state index in [1.54, 1.807) is 0 Å². The Morgan fingerprint density at radius 1 is 0.356 bits per heavy atom. The molecule has 0 saturated heterocycles. The number of allylic oxidation sites excluding steroid dienone is 4. The summed E-state index contributed by atoms with van der Waals surface area (Å²) < 4.78 is 0. The number of hydrogen-bond donors (Lipinski definition) is 2. The van der Waals surface area contributed by atoms with Crippen molar-refractivity contribution in [3.05, 3.63) is 24.3 Å². The van der Waals surface area contributed by atoms with Crippen molar-refractivity contribution in [2.24, 2.45) is 0 Å². The summed E-state index contributed by atoms with van der Waals surface area (Å²) in [6.07, 6.45) is 48.3. The Balaban J connectivity index is -0.000000767. The average Bonchev–Trinajstić information content (AvgIpc) is 3.00. The van der Waals surface area contributed by atoms with E-state index in [1.165, 1.54) is 167 Å². The maximum absolute atomic E-state index is 10.4. The molecule has 0 aliphatic heterocycles. The van der Waals surface area contributed by atoms with Gasteiger partial charge in [0.25, 0.3) is 0 Å². The van der Waals surface area contributed by atoms with E-state index in [0.29, 0.717) is 12.8 Å². The molecule has 2 N–H and O–H groups in total. The van der Waals surface area contributed by atoms with E-state index in [9.17, 15) is 9.59 Å². The number of aliphatic carboxylic acids is 2. The first-order chi connectivity index (χ1) is 21.5. The Morgan fingerprint density at radius 2 is 0.556 bits per heavy atom. The van der Waals surface area contributed by atoms with Gasteiger partial charge in [-0.2, -0.15) is 0 Å². The Morgan fingerprint density at radius 3 is 0.778 bits per heavy atom. The van der Waals surface area contributed by atoms with Crippen molar-refractivity contribution < 1.29 is 36.9 Å². The Hall–Kier alpha value is -1.06. The summed E-state index contributed by atoms with van der Waals surface area (Å²) in [4.78, 5) is 20.7. The number of hydrogen-bond acceptors (Lipinski definition) is 2. The molecule has 45 heavy (non-hydrogen) atoms. The van der Waals surface area contributed by atoms with Crippen LogP contribution in [0.25, 0.3) is 0 Å². The molecule has 267 valence electrons. The van der Waals surface area contributed by atoms with Gasteiger partial charge in [0.2, 0.25) is 0 Å². The van der Waals surface area contributed by atoms with Crippen LogP contribution in [0.15, 0.2) is 24.3 Å². The third kappa shape index (κ3) is 52.7. The van der Waals surface area contributed by atoms with Gasteiger partial charge < -0.3 is 10.2 Å². The summed E-state index contributed by atoms with van der Waals surface area (Å²) in [6, 6.07) is 0. The fraction of sp³-hybridized carbons (Fsp3) is 0.850. The fourth-order valence-corrected chi connectivity index (χ4v) is 5.40. The third-order valence-corrected chi connectivity index (χ3v) is 8.30. The number of carbonyl (C=O) groups is 2. The van der Waals surface area contributed by atoms with E-state index in [1.807, 2.05) is 0 Å². The molecule has 0 spiro atoms. The van der Waals surface area contributed by atoms with Crippen LogP contribution >= 0.6 is 0 Å². The van der Waals surface area contributed by atoms with Gasteiger partial charge in [-0.05, 0) is 64.2 Å². The molecule has 0 rings (SSSR count). The van der Waals surface area contributed by atoms with Crippen molar-refractivity contribution in [3.8, 4) is 0 Å². The molecule has 0 fully saturated rings. The molecule has 0 saturated carbocycles. The molecule has 5 heteroatoms. The van der Waals surface area contributed by atoms with Gasteiger partial charge in [-0.3, -0.25) is 9.59 Å². The average molecular weight is 676 g/mol. The van der Waals surface area contributed by atoms with Crippen LogP contribution in [0.5, 0.6) is 0 Å². The first-order valence-electron chi connectivity index (χ1n) is 19.3. The van der Waals surface area contributed by atoms with Gasteiger partial charge in [-0.15, -0.1) is 0 Å². The second-order valence-corrected chi connectivity index (χ2v) is 12.9. The number of carboxylic acid groups (broad SMARTS) is 2. The summed E-state index contributed by atoms with van der Waals surface area (Å²) in [5.41, 5.74) is 0. The van der Waals surface area contributed by atoms with E-state index in [-0.39, 0.29) is 17.1 Å². The largest absolute Gasteiger partial charge is 0.481 e. The van der Waals surface area contributed by atoms with Crippen molar-refractivity contribution in [3.63, 3.8) is 0 Å². The van der Waals surface area contributed by atoms with E-state index >= 15 is 0 Å². The van der Waals surface area contributed by atoms with Crippen LogP contribution < -0.4 is 0 Å². The number of carboxylic acids is 2. The normalized spacial score (nSPS) is 11.1. The van der Waals surface area contributed by atoms with E-state index in [2.05, 4.69) is 38.2 Å². The van der Waals surface area contributed by atoms with Crippen LogP contribution in [0.4, 0.5) is 0 Å².